The summed E-state index contributed by atoms with van der Waals surface area (Å²) in [6.07, 6.45) is 5.16. The van der Waals surface area contributed by atoms with E-state index in [-0.39, 0.29) is 30.0 Å². The first-order valence-electron chi connectivity index (χ1n) is 11.5. The highest BCUT2D eigenvalue weighted by Gasteiger charge is 2.39. The Kier molecular flexibility index (Phi) is 6.77. The van der Waals surface area contributed by atoms with E-state index in [4.69, 9.17) is 4.74 Å². The van der Waals surface area contributed by atoms with E-state index in [2.05, 4.69) is 15.3 Å². The molecular weight excluding hydrogens is 446 g/mol. The van der Waals surface area contributed by atoms with Crippen molar-refractivity contribution in [1.29, 1.82) is 0 Å². The maximum absolute atomic E-state index is 13.1. The summed E-state index contributed by atoms with van der Waals surface area (Å²) in [6, 6.07) is 1.47. The van der Waals surface area contributed by atoms with Crippen LogP contribution in [0.5, 0.6) is 0 Å². The maximum atomic E-state index is 13.1. The Balaban J connectivity index is 1.55. The van der Waals surface area contributed by atoms with Gasteiger partial charge in [0, 0.05) is 43.4 Å². The third kappa shape index (κ3) is 4.91. The Labute approximate surface area is 194 Å². The molecule has 2 aromatic rings. The number of nitrogens with one attached hydrogen (secondary N) is 1. The van der Waals surface area contributed by atoms with Gasteiger partial charge in [-0.05, 0) is 52.0 Å². The van der Waals surface area contributed by atoms with Crippen molar-refractivity contribution in [3.05, 3.63) is 28.2 Å². The summed E-state index contributed by atoms with van der Waals surface area (Å²) in [7, 11) is -1.83. The number of anilines is 1. The van der Waals surface area contributed by atoms with Gasteiger partial charge in [-0.1, -0.05) is 0 Å². The van der Waals surface area contributed by atoms with Gasteiger partial charge in [-0.3, -0.25) is 9.36 Å². The second-order valence-corrected chi connectivity index (χ2v) is 11.5. The number of rotatable bonds is 7. The minimum atomic E-state index is -3.32. The number of aromatic nitrogens is 3. The third-order valence-corrected chi connectivity index (χ3v) is 8.70. The molecule has 11 heteroatoms. The largest absolute Gasteiger partial charge is 0.388 e. The lowest BCUT2D eigenvalue weighted by atomic mass is 9.99. The molecule has 2 aromatic heterocycles. The van der Waals surface area contributed by atoms with Crippen molar-refractivity contribution >= 4 is 27.0 Å². The second-order valence-electron chi connectivity index (χ2n) is 9.37. The second kappa shape index (κ2) is 9.28. The van der Waals surface area contributed by atoms with Crippen LogP contribution in [-0.4, -0.2) is 76.6 Å². The van der Waals surface area contributed by atoms with Crippen molar-refractivity contribution in [2.24, 2.45) is 0 Å². The molecule has 0 unspecified atom stereocenters. The van der Waals surface area contributed by atoms with Crippen molar-refractivity contribution in [3.63, 3.8) is 0 Å². The van der Waals surface area contributed by atoms with Gasteiger partial charge in [-0.25, -0.2) is 17.7 Å². The predicted octanol–water partition coefficient (Wildman–Crippen LogP) is 1.43. The van der Waals surface area contributed by atoms with E-state index in [1.165, 1.54) is 11.4 Å². The fourth-order valence-corrected chi connectivity index (χ4v) is 6.34. The van der Waals surface area contributed by atoms with Gasteiger partial charge in [0.15, 0.2) is 0 Å². The van der Waals surface area contributed by atoms with E-state index < -0.39 is 15.6 Å². The van der Waals surface area contributed by atoms with Crippen LogP contribution in [0.2, 0.25) is 0 Å². The zero-order chi connectivity index (χ0) is 23.8. The first-order valence-corrected chi connectivity index (χ1v) is 13.1. The average molecular weight is 480 g/mol. The molecule has 10 nitrogen and oxygen atoms in total. The monoisotopic (exact) mass is 479 g/mol. The van der Waals surface area contributed by atoms with Crippen LogP contribution >= 0.6 is 0 Å². The molecule has 0 bridgehead atoms. The summed E-state index contributed by atoms with van der Waals surface area (Å²) in [4.78, 5) is 22.2. The SMILES string of the molecule is COCCS(=O)(=O)N1CCC(Nc2ncc3cc(C)c(=O)n([C@H]4CCC[C@]4(C)O)c3n2)CC1. The van der Waals surface area contributed by atoms with Gasteiger partial charge in [0.05, 0.1) is 24.0 Å². The third-order valence-electron chi connectivity index (χ3n) is 6.87. The molecule has 0 aromatic carbocycles. The van der Waals surface area contributed by atoms with Crippen molar-refractivity contribution < 1.29 is 18.3 Å². The van der Waals surface area contributed by atoms with Crippen LogP contribution in [0.25, 0.3) is 11.0 Å². The van der Waals surface area contributed by atoms with E-state index in [1.54, 1.807) is 30.7 Å². The molecule has 2 fully saturated rings. The number of sulfonamides is 1. The lowest BCUT2D eigenvalue weighted by Gasteiger charge is -2.31. The number of hydrogen-bond acceptors (Lipinski definition) is 8. The van der Waals surface area contributed by atoms with Crippen LogP contribution in [-0.2, 0) is 14.8 Å². The number of methoxy groups -OCH3 is 1. The highest BCUT2D eigenvalue weighted by molar-refractivity contribution is 7.89. The molecule has 2 N–H and O–H groups in total. The minimum absolute atomic E-state index is 0.0166. The molecule has 2 atom stereocenters. The maximum Gasteiger partial charge on any atom is 0.255 e. The van der Waals surface area contributed by atoms with Gasteiger partial charge in [-0.2, -0.15) is 4.98 Å². The number of aryl methyl sites for hydroxylation is 1. The number of ether oxygens (including phenoxy) is 1. The first-order chi connectivity index (χ1) is 15.6. The minimum Gasteiger partial charge on any atom is -0.388 e. The van der Waals surface area contributed by atoms with Crippen LogP contribution in [0, 0.1) is 6.92 Å². The van der Waals surface area contributed by atoms with Gasteiger partial charge in [-0.15, -0.1) is 0 Å². The van der Waals surface area contributed by atoms with E-state index in [0.717, 1.165) is 11.8 Å². The summed E-state index contributed by atoms with van der Waals surface area (Å²) < 4.78 is 32.8. The van der Waals surface area contributed by atoms with Crippen LogP contribution in [0.4, 0.5) is 5.95 Å². The smallest absolute Gasteiger partial charge is 0.255 e. The molecule has 1 saturated carbocycles. The Morgan fingerprint density at radius 1 is 1.30 bits per heavy atom. The molecule has 0 radical (unpaired) electrons. The van der Waals surface area contributed by atoms with Crippen molar-refractivity contribution in [3.8, 4) is 0 Å². The predicted molar refractivity (Wildman–Crippen MR) is 126 cm³/mol. The summed E-state index contributed by atoms with van der Waals surface area (Å²) >= 11 is 0. The highest BCUT2D eigenvalue weighted by Crippen LogP contribution is 2.39. The Morgan fingerprint density at radius 2 is 2.03 bits per heavy atom. The van der Waals surface area contributed by atoms with Gasteiger partial charge in [0.25, 0.3) is 5.56 Å². The topological polar surface area (TPSA) is 127 Å². The zero-order valence-electron chi connectivity index (χ0n) is 19.5. The number of piperidine rings is 1. The lowest BCUT2D eigenvalue weighted by Crippen LogP contribution is -2.44. The van der Waals surface area contributed by atoms with Crippen molar-refractivity contribution in [2.45, 2.75) is 63.6 Å². The fourth-order valence-electron chi connectivity index (χ4n) is 4.93. The van der Waals surface area contributed by atoms with Crippen molar-refractivity contribution in [1.82, 2.24) is 18.8 Å². The van der Waals surface area contributed by atoms with E-state index >= 15 is 0 Å². The molecule has 2 aliphatic rings. The number of nitrogens with zero attached hydrogens (tertiary/aromatic N) is 4. The Bertz CT molecular complexity index is 1170. The number of pyridine rings is 1. The van der Waals surface area contributed by atoms with E-state index in [0.29, 0.717) is 55.9 Å². The fraction of sp³-hybridized carbons (Fsp3) is 0.682. The molecule has 1 saturated heterocycles. The molecule has 33 heavy (non-hydrogen) atoms. The molecule has 3 heterocycles. The zero-order valence-corrected chi connectivity index (χ0v) is 20.3. The van der Waals surface area contributed by atoms with Crippen LogP contribution in [0.1, 0.15) is 50.6 Å². The average Bonchev–Trinajstić information content (AvgIpc) is 3.12. The number of aliphatic hydroxyl groups is 1. The van der Waals surface area contributed by atoms with E-state index in [1.807, 2.05) is 0 Å². The quantitative estimate of drug-likeness (QED) is 0.611. The standard InChI is InChI=1S/C22H33N5O5S/c1-15-13-16-14-23-21(24-17-6-9-26(10-7-17)33(30,31)12-11-32-3)25-19(16)27(20(15)28)18-5-4-8-22(18,2)29/h13-14,17-18,29H,4-12H2,1-3H3,(H,23,24,25)/t18-,22-/m0/s1. The lowest BCUT2D eigenvalue weighted by molar-refractivity contribution is 0.0266. The van der Waals surface area contributed by atoms with E-state index in [9.17, 15) is 18.3 Å². The Hall–Kier alpha value is -2.08. The molecule has 1 aliphatic carbocycles. The molecule has 1 aliphatic heterocycles. The van der Waals surface area contributed by atoms with Crippen LogP contribution in [0.15, 0.2) is 17.1 Å². The molecule has 182 valence electrons. The summed E-state index contributed by atoms with van der Waals surface area (Å²) in [5.41, 5.74) is -0.00940. The van der Waals surface area contributed by atoms with Crippen molar-refractivity contribution in [2.75, 3.05) is 37.9 Å². The summed E-state index contributed by atoms with van der Waals surface area (Å²) in [5, 5.41) is 14.9. The molecule has 4 rings (SSSR count). The summed E-state index contributed by atoms with van der Waals surface area (Å²) in [5.74, 6) is 0.384. The van der Waals surface area contributed by atoms with Crippen LogP contribution in [0.3, 0.4) is 0 Å². The summed E-state index contributed by atoms with van der Waals surface area (Å²) in [6.45, 7) is 4.57. The Morgan fingerprint density at radius 3 is 2.67 bits per heavy atom. The highest BCUT2D eigenvalue weighted by atomic mass is 32.2. The number of hydrogen-bond donors (Lipinski definition) is 2. The number of fused-ring (bicyclic) bond motifs is 1. The first kappa shape index (κ1) is 24.1. The molecule has 0 amide bonds. The molecule has 0 spiro atoms. The normalized spacial score (nSPS) is 25.0. The molecular formula is C22H33N5O5S. The van der Waals surface area contributed by atoms with Gasteiger partial charge < -0.3 is 15.2 Å². The van der Waals surface area contributed by atoms with Gasteiger partial charge >= 0.3 is 0 Å². The van der Waals surface area contributed by atoms with Gasteiger partial charge in [0.1, 0.15) is 5.65 Å². The van der Waals surface area contributed by atoms with Crippen LogP contribution < -0.4 is 10.9 Å². The van der Waals surface area contributed by atoms with Gasteiger partial charge in [0.2, 0.25) is 16.0 Å².